The molecule has 0 aliphatic heterocycles. The predicted octanol–water partition coefficient (Wildman–Crippen LogP) is 2.40. The minimum Gasteiger partial charge on any atom is -0.399 e. The van der Waals surface area contributed by atoms with Crippen molar-refractivity contribution in [2.24, 2.45) is 5.92 Å². The molecule has 0 aliphatic rings. The number of hydrogen-bond donors (Lipinski definition) is 2. The van der Waals surface area contributed by atoms with Crippen LogP contribution in [0.2, 0.25) is 5.02 Å². The van der Waals surface area contributed by atoms with Crippen molar-refractivity contribution >= 4 is 27.3 Å². The summed E-state index contributed by atoms with van der Waals surface area (Å²) in [6.07, 6.45) is 0.895. The van der Waals surface area contributed by atoms with Gasteiger partial charge in [-0.1, -0.05) is 25.4 Å². The van der Waals surface area contributed by atoms with E-state index in [4.69, 9.17) is 22.1 Å². The quantitative estimate of drug-likeness (QED) is 0.563. The van der Waals surface area contributed by atoms with Crippen molar-refractivity contribution < 1.29 is 17.5 Å². The zero-order chi connectivity index (χ0) is 16.0. The highest BCUT2D eigenvalue weighted by Gasteiger charge is 2.21. The van der Waals surface area contributed by atoms with Crippen LogP contribution in [0.1, 0.15) is 20.3 Å². The summed E-state index contributed by atoms with van der Waals surface area (Å²) < 4.78 is 45.2. The first-order valence-electron chi connectivity index (χ1n) is 6.56. The van der Waals surface area contributed by atoms with Gasteiger partial charge >= 0.3 is 0 Å². The van der Waals surface area contributed by atoms with E-state index in [2.05, 4.69) is 18.6 Å². The van der Waals surface area contributed by atoms with Gasteiger partial charge in [-0.3, -0.25) is 0 Å². The molecule has 0 amide bonds. The highest BCUT2D eigenvalue weighted by atomic mass is 35.5. The molecule has 5 nitrogen and oxygen atoms in total. The smallest absolute Gasteiger partial charge is 0.243 e. The molecule has 0 fully saturated rings. The summed E-state index contributed by atoms with van der Waals surface area (Å²) in [4.78, 5) is -0.560. The molecular weight excluding hydrogens is 319 g/mol. The molecule has 0 heterocycles. The molecule has 0 saturated heterocycles. The van der Waals surface area contributed by atoms with E-state index in [0.29, 0.717) is 12.5 Å². The molecule has 0 radical (unpaired) electrons. The third-order valence-electron chi connectivity index (χ3n) is 2.68. The maximum Gasteiger partial charge on any atom is 0.243 e. The highest BCUT2D eigenvalue weighted by Crippen LogP contribution is 2.25. The molecule has 0 aromatic heterocycles. The largest absolute Gasteiger partial charge is 0.399 e. The Labute approximate surface area is 129 Å². The van der Waals surface area contributed by atoms with Gasteiger partial charge in [-0.15, -0.1) is 0 Å². The van der Waals surface area contributed by atoms with Crippen molar-refractivity contribution in [1.29, 1.82) is 0 Å². The Balaban J connectivity index is 2.59. The number of halogens is 2. The minimum atomic E-state index is -4.01. The number of sulfonamides is 1. The maximum absolute atomic E-state index is 13.8. The molecule has 21 heavy (non-hydrogen) atoms. The fourth-order valence-corrected chi connectivity index (χ4v) is 2.95. The van der Waals surface area contributed by atoms with Crippen LogP contribution in [0, 0.1) is 11.7 Å². The van der Waals surface area contributed by atoms with Gasteiger partial charge in [0.15, 0.2) is 5.82 Å². The van der Waals surface area contributed by atoms with E-state index in [9.17, 15) is 12.8 Å². The van der Waals surface area contributed by atoms with Crippen LogP contribution < -0.4 is 10.5 Å². The van der Waals surface area contributed by atoms with Crippen LogP contribution in [0.3, 0.4) is 0 Å². The lowest BCUT2D eigenvalue weighted by Gasteiger charge is -2.10. The number of rotatable bonds is 8. The van der Waals surface area contributed by atoms with Crippen LogP contribution in [0.4, 0.5) is 10.1 Å². The number of nitrogens with one attached hydrogen (secondary N) is 1. The van der Waals surface area contributed by atoms with Crippen molar-refractivity contribution in [3.8, 4) is 0 Å². The normalized spacial score (nSPS) is 12.0. The average molecular weight is 339 g/mol. The number of hydrogen-bond acceptors (Lipinski definition) is 4. The van der Waals surface area contributed by atoms with Crippen LogP contribution >= 0.6 is 11.6 Å². The molecule has 1 aromatic rings. The Morgan fingerprint density at radius 2 is 2.05 bits per heavy atom. The van der Waals surface area contributed by atoms with Crippen LogP contribution in [-0.2, 0) is 14.8 Å². The summed E-state index contributed by atoms with van der Waals surface area (Å²) in [6, 6.07) is 2.19. The molecule has 0 saturated carbocycles. The topological polar surface area (TPSA) is 81.4 Å². The van der Waals surface area contributed by atoms with Crippen molar-refractivity contribution in [2.45, 2.75) is 25.2 Å². The van der Waals surface area contributed by atoms with Crippen molar-refractivity contribution in [3.05, 3.63) is 23.0 Å². The fourth-order valence-electron chi connectivity index (χ4n) is 1.53. The SMILES string of the molecule is CC(C)CCOCCNS(=O)(=O)c1cc(N)cc(Cl)c1F. The molecule has 3 N–H and O–H groups in total. The number of nitrogens with two attached hydrogens (primary N) is 1. The van der Waals surface area contributed by atoms with E-state index >= 15 is 0 Å². The summed E-state index contributed by atoms with van der Waals surface area (Å²) in [6.45, 7) is 4.95. The van der Waals surface area contributed by atoms with E-state index in [-0.39, 0.29) is 23.9 Å². The molecule has 0 unspecified atom stereocenters. The second kappa shape index (κ2) is 7.93. The molecule has 0 bridgehead atoms. The Kier molecular flexibility index (Phi) is 6.86. The molecule has 1 rings (SSSR count). The van der Waals surface area contributed by atoms with Crippen molar-refractivity contribution in [3.63, 3.8) is 0 Å². The van der Waals surface area contributed by atoms with Crippen LogP contribution in [0.25, 0.3) is 0 Å². The van der Waals surface area contributed by atoms with E-state index in [1.165, 1.54) is 0 Å². The summed E-state index contributed by atoms with van der Waals surface area (Å²) in [7, 11) is -4.01. The number of benzene rings is 1. The lowest BCUT2D eigenvalue weighted by molar-refractivity contribution is 0.128. The predicted molar refractivity (Wildman–Crippen MR) is 81.3 cm³/mol. The first kappa shape index (κ1) is 18.2. The van der Waals surface area contributed by atoms with Gasteiger partial charge in [0.25, 0.3) is 0 Å². The summed E-state index contributed by atoms with van der Waals surface area (Å²) in [5.74, 6) is -0.496. The second-order valence-electron chi connectivity index (χ2n) is 5.01. The van der Waals surface area contributed by atoms with Gasteiger partial charge in [0.2, 0.25) is 10.0 Å². The fraction of sp³-hybridized carbons (Fsp3) is 0.538. The van der Waals surface area contributed by atoms with Gasteiger partial charge in [0.1, 0.15) is 4.90 Å². The van der Waals surface area contributed by atoms with Crippen LogP contribution in [0.15, 0.2) is 17.0 Å². The second-order valence-corrected chi connectivity index (χ2v) is 7.15. The zero-order valence-electron chi connectivity index (χ0n) is 12.0. The first-order chi connectivity index (χ1) is 9.74. The monoisotopic (exact) mass is 338 g/mol. The maximum atomic E-state index is 13.8. The molecule has 1 aromatic carbocycles. The van der Waals surface area contributed by atoms with Gasteiger partial charge < -0.3 is 10.5 Å². The van der Waals surface area contributed by atoms with Gasteiger partial charge in [-0.05, 0) is 24.5 Å². The average Bonchev–Trinajstić information content (AvgIpc) is 2.37. The van der Waals surface area contributed by atoms with Gasteiger partial charge in [-0.2, -0.15) is 0 Å². The van der Waals surface area contributed by atoms with Gasteiger partial charge in [0.05, 0.1) is 11.6 Å². The zero-order valence-corrected chi connectivity index (χ0v) is 13.6. The lowest BCUT2D eigenvalue weighted by atomic mass is 10.1. The van der Waals surface area contributed by atoms with Gasteiger partial charge in [-0.25, -0.2) is 17.5 Å². The van der Waals surface area contributed by atoms with E-state index in [1.54, 1.807) is 0 Å². The third kappa shape index (κ3) is 5.78. The summed E-state index contributed by atoms with van der Waals surface area (Å²) >= 11 is 5.59. The minimum absolute atomic E-state index is 0.0479. The summed E-state index contributed by atoms with van der Waals surface area (Å²) in [5.41, 5.74) is 5.56. The first-order valence-corrected chi connectivity index (χ1v) is 8.42. The van der Waals surface area contributed by atoms with Crippen LogP contribution in [0.5, 0.6) is 0 Å². The molecular formula is C13H20ClFN2O3S. The lowest BCUT2D eigenvalue weighted by Crippen LogP contribution is -2.28. The van der Waals surface area contributed by atoms with Gasteiger partial charge in [0, 0.05) is 18.8 Å². The number of nitrogen functional groups attached to an aromatic ring is 1. The van der Waals surface area contributed by atoms with E-state index in [0.717, 1.165) is 18.6 Å². The Morgan fingerprint density at radius 3 is 2.67 bits per heavy atom. The molecule has 8 heteroatoms. The van der Waals surface area contributed by atoms with Crippen LogP contribution in [-0.4, -0.2) is 28.2 Å². The Bertz CT molecular complexity index is 579. The molecule has 0 aliphatic carbocycles. The number of anilines is 1. The van der Waals surface area contributed by atoms with Crippen molar-refractivity contribution in [1.82, 2.24) is 4.72 Å². The Morgan fingerprint density at radius 1 is 1.38 bits per heavy atom. The molecule has 0 spiro atoms. The number of ether oxygens (including phenoxy) is 1. The van der Waals surface area contributed by atoms with Crippen molar-refractivity contribution in [2.75, 3.05) is 25.5 Å². The highest BCUT2D eigenvalue weighted by molar-refractivity contribution is 7.89. The summed E-state index contributed by atoms with van der Waals surface area (Å²) in [5, 5.41) is -0.330. The molecule has 0 atom stereocenters. The standard InChI is InChI=1S/C13H20ClFN2O3S/c1-9(2)3-5-20-6-4-17-21(18,19)12-8-10(16)7-11(14)13(12)15/h7-9,17H,3-6,16H2,1-2H3. The third-order valence-corrected chi connectivity index (χ3v) is 4.42. The molecule has 120 valence electrons. The Hall–Kier alpha value is -0.890. The van der Waals surface area contributed by atoms with E-state index < -0.39 is 20.7 Å². The van der Waals surface area contributed by atoms with E-state index in [1.807, 2.05) is 0 Å².